The smallest absolute Gasteiger partial charge is 0.367 e. The van der Waals surface area contributed by atoms with Crippen LogP contribution in [-0.4, -0.2) is 43.3 Å². The number of carbonyl (C=O) groups is 1. The van der Waals surface area contributed by atoms with Crippen molar-refractivity contribution in [3.05, 3.63) is 35.4 Å². The molecule has 0 aromatic heterocycles. The third-order valence-electron chi connectivity index (χ3n) is 3.22. The van der Waals surface area contributed by atoms with Gasteiger partial charge in [-0.15, -0.1) is 24.0 Å². The van der Waals surface area contributed by atoms with Gasteiger partial charge in [0.1, 0.15) is 6.61 Å². The largest absolute Gasteiger partial charge is 0.411 e. The molecule has 0 saturated heterocycles. The monoisotopic (exact) mass is 530 g/mol. The van der Waals surface area contributed by atoms with Crippen molar-refractivity contribution in [2.45, 2.75) is 52.6 Å². The number of amides is 1. The van der Waals surface area contributed by atoms with E-state index in [1.165, 1.54) is 0 Å². The van der Waals surface area contributed by atoms with Crippen LogP contribution in [0.5, 0.6) is 0 Å². The van der Waals surface area contributed by atoms with Crippen LogP contribution < -0.4 is 16.0 Å². The van der Waals surface area contributed by atoms with Gasteiger partial charge in [-0.3, -0.25) is 4.79 Å². The van der Waals surface area contributed by atoms with Crippen molar-refractivity contribution >= 4 is 35.8 Å². The molecular weight excluding hydrogens is 500 g/mol. The molecule has 6 nitrogen and oxygen atoms in total. The van der Waals surface area contributed by atoms with Crippen molar-refractivity contribution in [1.82, 2.24) is 16.0 Å². The number of hydrogen-bond donors (Lipinski definition) is 3. The fraction of sp³-hybridized carbons (Fsp3) is 0.579. The van der Waals surface area contributed by atoms with Gasteiger partial charge in [0.15, 0.2) is 5.96 Å². The van der Waals surface area contributed by atoms with E-state index >= 15 is 0 Å². The van der Waals surface area contributed by atoms with Crippen LogP contribution in [0.1, 0.15) is 38.8 Å². The van der Waals surface area contributed by atoms with E-state index in [4.69, 9.17) is 0 Å². The number of rotatable bonds is 8. The van der Waals surface area contributed by atoms with Crippen molar-refractivity contribution in [2.75, 3.05) is 19.7 Å². The summed E-state index contributed by atoms with van der Waals surface area (Å²) >= 11 is 0. The van der Waals surface area contributed by atoms with Crippen LogP contribution in [0.2, 0.25) is 0 Å². The number of nitrogens with one attached hydrogen (secondary N) is 3. The number of guanidine groups is 1. The van der Waals surface area contributed by atoms with Gasteiger partial charge in [-0.2, -0.15) is 13.2 Å². The zero-order valence-electron chi connectivity index (χ0n) is 17.2. The fourth-order valence-electron chi connectivity index (χ4n) is 2.24. The lowest BCUT2D eigenvalue weighted by molar-refractivity contribution is -0.176. The maximum absolute atomic E-state index is 12.2. The first-order valence-electron chi connectivity index (χ1n) is 9.04. The highest BCUT2D eigenvalue weighted by atomic mass is 127. The first kappa shape index (κ1) is 27.4. The molecule has 0 saturated carbocycles. The Kier molecular flexibility index (Phi) is 12.2. The highest BCUT2D eigenvalue weighted by molar-refractivity contribution is 14.0. The number of hydrogen-bond acceptors (Lipinski definition) is 3. The summed E-state index contributed by atoms with van der Waals surface area (Å²) in [5, 5.41) is 8.85. The first-order chi connectivity index (χ1) is 13.0. The van der Waals surface area contributed by atoms with Crippen LogP contribution in [0.3, 0.4) is 0 Å². The number of nitrogens with zero attached hydrogens (tertiary/aromatic N) is 1. The summed E-state index contributed by atoms with van der Waals surface area (Å²) in [6.07, 6.45) is -4.34. The molecule has 1 amide bonds. The van der Waals surface area contributed by atoms with Crippen LogP contribution in [0, 0.1) is 0 Å². The average Bonchev–Trinajstić information content (AvgIpc) is 2.55. The van der Waals surface area contributed by atoms with Crippen LogP contribution >= 0.6 is 24.0 Å². The van der Waals surface area contributed by atoms with Crippen molar-refractivity contribution < 1.29 is 22.7 Å². The molecule has 1 aromatic carbocycles. The second kappa shape index (κ2) is 12.9. The number of benzene rings is 1. The molecule has 1 aromatic rings. The van der Waals surface area contributed by atoms with E-state index in [0.717, 1.165) is 5.56 Å². The molecule has 1 rings (SSSR count). The molecule has 0 aliphatic heterocycles. The SMILES string of the molecule is CCNC(=NCc1cccc(COCC(F)(F)F)c1)NCC(=O)NC(C)(C)C.I. The van der Waals surface area contributed by atoms with E-state index < -0.39 is 12.8 Å². The zero-order chi connectivity index (χ0) is 21.2. The third kappa shape index (κ3) is 14.1. The summed E-state index contributed by atoms with van der Waals surface area (Å²) < 4.78 is 41.1. The summed E-state index contributed by atoms with van der Waals surface area (Å²) in [5.41, 5.74) is 1.15. The lowest BCUT2D eigenvalue weighted by Crippen LogP contribution is -2.48. The van der Waals surface area contributed by atoms with Crippen LogP contribution in [0.15, 0.2) is 29.3 Å². The molecule has 0 radical (unpaired) electrons. The highest BCUT2D eigenvalue weighted by Gasteiger charge is 2.27. The number of alkyl halides is 3. The molecule has 0 heterocycles. The van der Waals surface area contributed by atoms with Gasteiger partial charge >= 0.3 is 6.18 Å². The van der Waals surface area contributed by atoms with Crippen molar-refractivity contribution in [2.24, 2.45) is 4.99 Å². The van der Waals surface area contributed by atoms with Gasteiger partial charge in [-0.05, 0) is 38.8 Å². The second-order valence-corrected chi connectivity index (χ2v) is 7.27. The zero-order valence-corrected chi connectivity index (χ0v) is 19.5. The van der Waals surface area contributed by atoms with Gasteiger partial charge in [0.2, 0.25) is 5.91 Å². The number of halogens is 4. The minimum absolute atomic E-state index is 0. The summed E-state index contributed by atoms with van der Waals surface area (Å²) in [5.74, 6) is 0.326. The summed E-state index contributed by atoms with van der Waals surface area (Å²) in [4.78, 5) is 16.3. The fourth-order valence-corrected chi connectivity index (χ4v) is 2.24. The maximum atomic E-state index is 12.2. The molecule has 0 aliphatic rings. The van der Waals surface area contributed by atoms with Crippen molar-refractivity contribution in [1.29, 1.82) is 0 Å². The molecular formula is C19H30F3IN4O2. The van der Waals surface area contributed by atoms with Crippen LogP contribution in [0.25, 0.3) is 0 Å². The molecule has 10 heteroatoms. The van der Waals surface area contributed by atoms with Gasteiger partial charge in [0, 0.05) is 12.1 Å². The molecule has 3 N–H and O–H groups in total. The van der Waals surface area contributed by atoms with Crippen molar-refractivity contribution in [3.63, 3.8) is 0 Å². The van der Waals surface area contributed by atoms with E-state index in [2.05, 4.69) is 25.7 Å². The Morgan fingerprint density at radius 1 is 1.14 bits per heavy atom. The topological polar surface area (TPSA) is 74.8 Å². The number of carbonyl (C=O) groups excluding carboxylic acids is 1. The summed E-state index contributed by atoms with van der Waals surface area (Å²) in [6, 6.07) is 7.01. The maximum Gasteiger partial charge on any atom is 0.411 e. The Morgan fingerprint density at radius 2 is 1.79 bits per heavy atom. The van der Waals surface area contributed by atoms with E-state index in [1.54, 1.807) is 18.2 Å². The van der Waals surface area contributed by atoms with E-state index in [0.29, 0.717) is 24.6 Å². The van der Waals surface area contributed by atoms with E-state index in [-0.39, 0.29) is 48.6 Å². The highest BCUT2D eigenvalue weighted by Crippen LogP contribution is 2.16. The van der Waals surface area contributed by atoms with Crippen LogP contribution in [0.4, 0.5) is 13.2 Å². The average molecular weight is 530 g/mol. The Hall–Kier alpha value is -1.56. The van der Waals surface area contributed by atoms with Crippen LogP contribution in [-0.2, 0) is 22.7 Å². The standard InChI is InChI=1S/C19H29F3N4O2.HI/c1-5-23-17(25-11-16(27)26-18(2,3)4)24-10-14-7-6-8-15(9-14)12-28-13-19(20,21)22;/h6-9H,5,10-13H2,1-4H3,(H,26,27)(H2,23,24,25);1H. The molecule has 0 fully saturated rings. The van der Waals surface area contributed by atoms with E-state index in [1.807, 2.05) is 33.8 Å². The molecule has 29 heavy (non-hydrogen) atoms. The number of ether oxygens (including phenoxy) is 1. The quantitative estimate of drug-likeness (QED) is 0.274. The molecule has 166 valence electrons. The van der Waals surface area contributed by atoms with Gasteiger partial charge in [-0.25, -0.2) is 4.99 Å². The van der Waals surface area contributed by atoms with E-state index in [9.17, 15) is 18.0 Å². The molecule has 0 atom stereocenters. The third-order valence-corrected chi connectivity index (χ3v) is 3.22. The predicted octanol–water partition coefficient (Wildman–Crippen LogP) is 3.35. The minimum Gasteiger partial charge on any atom is -0.367 e. The molecule has 0 unspecified atom stereocenters. The molecule has 0 spiro atoms. The van der Waals surface area contributed by atoms with Gasteiger partial charge in [0.25, 0.3) is 0 Å². The lowest BCUT2D eigenvalue weighted by Gasteiger charge is -2.21. The Morgan fingerprint density at radius 3 is 2.38 bits per heavy atom. The Labute approximate surface area is 187 Å². The van der Waals surface area contributed by atoms with Crippen molar-refractivity contribution in [3.8, 4) is 0 Å². The van der Waals surface area contributed by atoms with Gasteiger partial charge in [0.05, 0.1) is 19.7 Å². The second-order valence-electron chi connectivity index (χ2n) is 7.27. The lowest BCUT2D eigenvalue weighted by atomic mass is 10.1. The van der Waals surface area contributed by atoms with Gasteiger partial charge < -0.3 is 20.7 Å². The Bertz CT molecular complexity index is 662. The Balaban J connectivity index is 0.00000784. The predicted molar refractivity (Wildman–Crippen MR) is 118 cm³/mol. The molecule has 0 bridgehead atoms. The number of aliphatic imine (C=N–C) groups is 1. The summed E-state index contributed by atoms with van der Waals surface area (Å²) in [6.45, 7) is 7.21. The minimum atomic E-state index is -4.34. The molecule has 0 aliphatic carbocycles. The normalized spacial score (nSPS) is 12.2. The summed E-state index contributed by atoms with van der Waals surface area (Å²) in [7, 11) is 0. The van der Waals surface area contributed by atoms with Gasteiger partial charge in [-0.1, -0.05) is 24.3 Å². The first-order valence-corrected chi connectivity index (χ1v) is 9.04.